The fourth-order valence-corrected chi connectivity index (χ4v) is 3.84. The molecule has 2 aromatic heterocycles. The quantitative estimate of drug-likeness (QED) is 0.345. The Kier molecular flexibility index (Phi) is 5.94. The minimum Gasteiger partial charge on any atom is -0.462 e. The standard InChI is InChI=1S/C20H16ClN3O2S/c1-3-26-20(25)16-9-14(10-22)19(23-12(16)2)27-11-15-8-13-6-4-5-7-17(13)24-18(15)21/h4-9H,3,11H2,1-2H3. The Hall–Kier alpha value is -2.62. The Morgan fingerprint density at radius 3 is 2.81 bits per heavy atom. The van der Waals surface area contributed by atoms with Crippen LogP contribution < -0.4 is 0 Å². The number of ether oxygens (including phenoxy) is 1. The van der Waals surface area contributed by atoms with Gasteiger partial charge < -0.3 is 4.74 Å². The summed E-state index contributed by atoms with van der Waals surface area (Å²) < 4.78 is 5.01. The van der Waals surface area contributed by atoms with Crippen LogP contribution in [-0.4, -0.2) is 22.5 Å². The zero-order chi connectivity index (χ0) is 19.4. The van der Waals surface area contributed by atoms with Gasteiger partial charge in [-0.05, 0) is 32.0 Å². The molecule has 27 heavy (non-hydrogen) atoms. The monoisotopic (exact) mass is 397 g/mol. The number of aromatic nitrogens is 2. The zero-order valence-electron chi connectivity index (χ0n) is 14.8. The van der Waals surface area contributed by atoms with E-state index < -0.39 is 5.97 Å². The first-order valence-corrected chi connectivity index (χ1v) is 9.65. The van der Waals surface area contributed by atoms with E-state index in [4.69, 9.17) is 16.3 Å². The lowest BCUT2D eigenvalue weighted by molar-refractivity contribution is 0.0524. The van der Waals surface area contributed by atoms with Crippen molar-refractivity contribution in [2.24, 2.45) is 0 Å². The number of benzene rings is 1. The third kappa shape index (κ3) is 4.21. The topological polar surface area (TPSA) is 75.9 Å². The molecule has 0 fully saturated rings. The van der Waals surface area contributed by atoms with E-state index in [2.05, 4.69) is 16.0 Å². The number of para-hydroxylation sites is 1. The van der Waals surface area contributed by atoms with E-state index in [1.165, 1.54) is 17.8 Å². The molecule has 5 nitrogen and oxygen atoms in total. The maximum Gasteiger partial charge on any atom is 0.340 e. The molecule has 0 aliphatic heterocycles. The lowest BCUT2D eigenvalue weighted by Crippen LogP contribution is -2.09. The third-order valence-corrected chi connectivity index (χ3v) is 5.28. The van der Waals surface area contributed by atoms with Gasteiger partial charge in [0.1, 0.15) is 16.2 Å². The summed E-state index contributed by atoms with van der Waals surface area (Å²) in [6.07, 6.45) is 0. The number of carbonyl (C=O) groups is 1. The molecule has 0 aliphatic carbocycles. The second-order valence-electron chi connectivity index (χ2n) is 5.73. The van der Waals surface area contributed by atoms with Crippen LogP contribution >= 0.6 is 23.4 Å². The number of thioether (sulfide) groups is 1. The highest BCUT2D eigenvalue weighted by Gasteiger charge is 2.17. The Morgan fingerprint density at radius 1 is 1.30 bits per heavy atom. The highest BCUT2D eigenvalue weighted by atomic mass is 35.5. The van der Waals surface area contributed by atoms with Gasteiger partial charge in [-0.2, -0.15) is 5.26 Å². The van der Waals surface area contributed by atoms with Gasteiger partial charge in [-0.15, -0.1) is 11.8 Å². The lowest BCUT2D eigenvalue weighted by atomic mass is 10.1. The maximum atomic E-state index is 12.0. The highest BCUT2D eigenvalue weighted by molar-refractivity contribution is 7.98. The van der Waals surface area contributed by atoms with E-state index in [1.807, 2.05) is 30.3 Å². The van der Waals surface area contributed by atoms with E-state index in [0.717, 1.165) is 16.5 Å². The maximum absolute atomic E-state index is 12.0. The molecule has 0 radical (unpaired) electrons. The summed E-state index contributed by atoms with van der Waals surface area (Å²) in [5, 5.41) is 11.4. The molecule has 0 bridgehead atoms. The van der Waals surface area contributed by atoms with Crippen molar-refractivity contribution in [3.05, 3.63) is 63.9 Å². The molecule has 136 valence electrons. The smallest absolute Gasteiger partial charge is 0.340 e. The van der Waals surface area contributed by atoms with Crippen LogP contribution in [0, 0.1) is 18.3 Å². The van der Waals surface area contributed by atoms with Crippen LogP contribution in [0.5, 0.6) is 0 Å². The molecule has 0 unspecified atom stereocenters. The number of carbonyl (C=O) groups excluding carboxylic acids is 1. The number of nitrogens with zero attached hydrogens (tertiary/aromatic N) is 3. The second kappa shape index (κ2) is 8.38. The Labute approximate surface area is 166 Å². The average Bonchev–Trinajstić information content (AvgIpc) is 2.66. The minimum absolute atomic E-state index is 0.268. The number of nitriles is 1. The molecule has 0 aliphatic rings. The van der Waals surface area contributed by atoms with Crippen LogP contribution in [0.25, 0.3) is 10.9 Å². The van der Waals surface area contributed by atoms with Gasteiger partial charge >= 0.3 is 5.97 Å². The van der Waals surface area contributed by atoms with Crippen molar-refractivity contribution in [3.63, 3.8) is 0 Å². The summed E-state index contributed by atoms with van der Waals surface area (Å²) >= 11 is 7.69. The van der Waals surface area contributed by atoms with Crippen molar-refractivity contribution >= 4 is 40.2 Å². The number of halogens is 1. The molecular formula is C20H16ClN3O2S. The second-order valence-corrected chi connectivity index (χ2v) is 7.05. The van der Waals surface area contributed by atoms with Crippen molar-refractivity contribution in [2.45, 2.75) is 24.6 Å². The largest absolute Gasteiger partial charge is 0.462 e. The van der Waals surface area contributed by atoms with Gasteiger partial charge in [0.05, 0.1) is 28.9 Å². The van der Waals surface area contributed by atoms with Crippen LogP contribution in [0.15, 0.2) is 41.4 Å². The Bertz CT molecular complexity index is 1060. The number of fused-ring (bicyclic) bond motifs is 1. The summed E-state index contributed by atoms with van der Waals surface area (Å²) in [6.45, 7) is 3.73. The van der Waals surface area contributed by atoms with Crippen molar-refractivity contribution < 1.29 is 9.53 Å². The first kappa shape index (κ1) is 19.2. The fourth-order valence-electron chi connectivity index (χ4n) is 2.57. The van der Waals surface area contributed by atoms with Gasteiger partial charge in [-0.3, -0.25) is 0 Å². The van der Waals surface area contributed by atoms with Crippen molar-refractivity contribution in [1.82, 2.24) is 9.97 Å². The number of aryl methyl sites for hydroxylation is 1. The van der Waals surface area contributed by atoms with Gasteiger partial charge in [0.15, 0.2) is 0 Å². The van der Waals surface area contributed by atoms with E-state index >= 15 is 0 Å². The number of hydrogen-bond donors (Lipinski definition) is 0. The van der Waals surface area contributed by atoms with Gasteiger partial charge in [0, 0.05) is 16.7 Å². The van der Waals surface area contributed by atoms with Crippen molar-refractivity contribution in [2.75, 3.05) is 6.61 Å². The van der Waals surface area contributed by atoms with Gasteiger partial charge in [-0.25, -0.2) is 14.8 Å². The average molecular weight is 398 g/mol. The first-order valence-electron chi connectivity index (χ1n) is 8.29. The number of rotatable bonds is 5. The summed E-state index contributed by atoms with van der Waals surface area (Å²) in [6, 6.07) is 13.4. The van der Waals surface area contributed by atoms with Crippen molar-refractivity contribution in [1.29, 1.82) is 5.26 Å². The lowest BCUT2D eigenvalue weighted by Gasteiger charge is -2.10. The molecule has 7 heteroatoms. The van der Waals surface area contributed by atoms with Gasteiger partial charge in [-0.1, -0.05) is 29.8 Å². The van der Waals surface area contributed by atoms with Crippen LogP contribution in [-0.2, 0) is 10.5 Å². The van der Waals surface area contributed by atoms with E-state index in [-0.39, 0.29) is 6.61 Å². The molecule has 2 heterocycles. The number of pyridine rings is 2. The van der Waals surface area contributed by atoms with Crippen LogP contribution in [0.4, 0.5) is 0 Å². The van der Waals surface area contributed by atoms with Crippen LogP contribution in [0.3, 0.4) is 0 Å². The van der Waals surface area contributed by atoms with E-state index in [1.54, 1.807) is 13.8 Å². The summed E-state index contributed by atoms with van der Waals surface area (Å²) in [5.74, 6) is 0.0358. The highest BCUT2D eigenvalue weighted by Crippen LogP contribution is 2.30. The Balaban J connectivity index is 1.88. The SMILES string of the molecule is CCOC(=O)c1cc(C#N)c(SCc2cc3ccccc3nc2Cl)nc1C. The molecule has 1 aromatic carbocycles. The third-order valence-electron chi connectivity index (χ3n) is 3.91. The summed E-state index contributed by atoms with van der Waals surface area (Å²) in [5.41, 5.74) is 2.86. The predicted molar refractivity (Wildman–Crippen MR) is 106 cm³/mol. The molecule has 3 aromatic rings. The molecule has 3 rings (SSSR count). The molecular weight excluding hydrogens is 382 g/mol. The molecule has 0 N–H and O–H groups in total. The van der Waals surface area contributed by atoms with Crippen LogP contribution in [0.2, 0.25) is 5.15 Å². The molecule has 0 saturated heterocycles. The summed E-state index contributed by atoms with van der Waals surface area (Å²) in [4.78, 5) is 20.8. The predicted octanol–water partition coefficient (Wildman–Crippen LogP) is 4.93. The molecule has 0 spiro atoms. The zero-order valence-corrected chi connectivity index (χ0v) is 16.4. The molecule has 0 amide bonds. The van der Waals surface area contributed by atoms with E-state index in [9.17, 15) is 10.1 Å². The van der Waals surface area contributed by atoms with E-state index in [0.29, 0.717) is 32.8 Å². The normalized spacial score (nSPS) is 10.6. The fraction of sp³-hybridized carbons (Fsp3) is 0.200. The number of hydrogen-bond acceptors (Lipinski definition) is 6. The van der Waals surface area contributed by atoms with Gasteiger partial charge in [0.2, 0.25) is 0 Å². The van der Waals surface area contributed by atoms with Gasteiger partial charge in [0.25, 0.3) is 0 Å². The first-order chi connectivity index (χ1) is 13.0. The Morgan fingerprint density at radius 2 is 2.07 bits per heavy atom. The number of esters is 1. The molecule has 0 saturated carbocycles. The van der Waals surface area contributed by atoms with Crippen molar-refractivity contribution in [3.8, 4) is 6.07 Å². The van der Waals surface area contributed by atoms with Crippen LogP contribution in [0.1, 0.15) is 34.1 Å². The summed E-state index contributed by atoms with van der Waals surface area (Å²) in [7, 11) is 0. The minimum atomic E-state index is -0.475. The molecule has 0 atom stereocenters.